The molecule has 3 N–H and O–H groups in total. The van der Waals surface area contributed by atoms with Crippen LogP contribution in [0.5, 0.6) is 0 Å². The lowest BCUT2D eigenvalue weighted by Crippen LogP contribution is -2.46. The van der Waals surface area contributed by atoms with E-state index in [9.17, 15) is 9.90 Å². The van der Waals surface area contributed by atoms with Crippen LogP contribution >= 0.6 is 0 Å². The Morgan fingerprint density at radius 2 is 2.04 bits per heavy atom. The van der Waals surface area contributed by atoms with E-state index in [1.54, 1.807) is 4.68 Å². The average Bonchev–Trinajstić information content (AvgIpc) is 3.07. The third kappa shape index (κ3) is 3.96. The minimum absolute atomic E-state index is 0.101. The third-order valence-electron chi connectivity index (χ3n) is 4.44. The van der Waals surface area contributed by atoms with E-state index in [4.69, 9.17) is 0 Å². The fourth-order valence-electron chi connectivity index (χ4n) is 3.11. The molecule has 0 bridgehead atoms. The van der Waals surface area contributed by atoms with Crippen LogP contribution in [0.4, 0.5) is 10.5 Å². The number of aliphatic hydroxyl groups excluding tert-OH is 1. The number of carbonyl (C=O) groups is 1. The molecule has 25 heavy (non-hydrogen) atoms. The van der Waals surface area contributed by atoms with Gasteiger partial charge in [0.15, 0.2) is 5.82 Å². The fourth-order valence-corrected chi connectivity index (χ4v) is 3.11. The van der Waals surface area contributed by atoms with Gasteiger partial charge in [0.1, 0.15) is 0 Å². The number of anilines is 1. The van der Waals surface area contributed by atoms with E-state index < -0.39 is 6.10 Å². The molecule has 1 aromatic carbocycles. The molecule has 1 aliphatic carbocycles. The second-order valence-electron chi connectivity index (χ2n) is 6.64. The Labute approximate surface area is 146 Å². The normalized spacial score (nSPS) is 20.5. The van der Waals surface area contributed by atoms with Crippen LogP contribution in [0, 0.1) is 0 Å². The summed E-state index contributed by atoms with van der Waals surface area (Å²) in [6.45, 7) is 3.99. The number of nitrogens with one attached hydrogen (secondary N) is 2. The highest BCUT2D eigenvalue weighted by Crippen LogP contribution is 2.27. The smallest absolute Gasteiger partial charge is 0.319 e. The number of aliphatic hydroxyl groups is 1. The van der Waals surface area contributed by atoms with Gasteiger partial charge in [0.2, 0.25) is 0 Å². The molecule has 2 aromatic rings. The van der Waals surface area contributed by atoms with Crippen LogP contribution in [-0.4, -0.2) is 43.5 Å². The molecule has 2 atom stereocenters. The van der Waals surface area contributed by atoms with Crippen molar-refractivity contribution < 1.29 is 9.90 Å². The summed E-state index contributed by atoms with van der Waals surface area (Å²) in [7, 11) is 0. The van der Waals surface area contributed by atoms with Crippen molar-refractivity contribution in [3.63, 3.8) is 0 Å². The van der Waals surface area contributed by atoms with Gasteiger partial charge in [-0.2, -0.15) is 0 Å². The molecular weight excluding hydrogens is 320 g/mol. The predicted molar refractivity (Wildman–Crippen MR) is 94.1 cm³/mol. The molecule has 0 spiro atoms. The average molecular weight is 344 g/mol. The molecule has 1 aromatic heterocycles. The summed E-state index contributed by atoms with van der Waals surface area (Å²) < 4.78 is 1.71. The zero-order valence-corrected chi connectivity index (χ0v) is 14.5. The van der Waals surface area contributed by atoms with Crippen LogP contribution in [0.3, 0.4) is 0 Å². The Kier molecular flexibility index (Phi) is 5.28. The minimum Gasteiger partial charge on any atom is -0.391 e. The van der Waals surface area contributed by atoms with E-state index in [0.29, 0.717) is 11.5 Å². The Hall–Kier alpha value is -2.48. The van der Waals surface area contributed by atoms with Crippen LogP contribution in [0.1, 0.15) is 45.6 Å². The van der Waals surface area contributed by atoms with Gasteiger partial charge in [-0.1, -0.05) is 25.0 Å². The Balaban J connectivity index is 1.77. The second kappa shape index (κ2) is 7.60. The number of carbonyl (C=O) groups excluding carboxylic acids is 1. The minimum atomic E-state index is -0.483. The molecule has 1 saturated carbocycles. The molecule has 0 aliphatic heterocycles. The molecule has 2 amide bonds. The monoisotopic (exact) mass is 344 g/mol. The molecule has 8 nitrogen and oxygen atoms in total. The van der Waals surface area contributed by atoms with Crippen molar-refractivity contribution in [1.29, 1.82) is 0 Å². The fraction of sp³-hybridized carbons (Fsp3) is 0.529. The highest BCUT2D eigenvalue weighted by molar-refractivity contribution is 5.93. The zero-order chi connectivity index (χ0) is 17.8. The maximum Gasteiger partial charge on any atom is 0.319 e. The molecule has 0 radical (unpaired) electrons. The number of hydrogen-bond donors (Lipinski definition) is 3. The Bertz CT molecular complexity index is 729. The lowest BCUT2D eigenvalue weighted by Gasteiger charge is -2.28. The highest BCUT2D eigenvalue weighted by atomic mass is 16.3. The van der Waals surface area contributed by atoms with E-state index >= 15 is 0 Å². The van der Waals surface area contributed by atoms with Crippen molar-refractivity contribution in [1.82, 2.24) is 25.5 Å². The van der Waals surface area contributed by atoms with Gasteiger partial charge >= 0.3 is 6.03 Å². The summed E-state index contributed by atoms with van der Waals surface area (Å²) in [6.07, 6.45) is 3.05. The Morgan fingerprint density at radius 1 is 1.28 bits per heavy atom. The quantitative estimate of drug-likeness (QED) is 0.789. The number of hydrogen-bond acceptors (Lipinski definition) is 5. The van der Waals surface area contributed by atoms with Crippen LogP contribution in [-0.2, 0) is 0 Å². The number of para-hydroxylation sites is 1. The summed E-state index contributed by atoms with van der Waals surface area (Å²) >= 11 is 0. The maximum absolute atomic E-state index is 12.4. The molecule has 0 saturated heterocycles. The summed E-state index contributed by atoms with van der Waals surface area (Å²) in [5, 5.41) is 27.6. The number of tetrazole rings is 1. The topological polar surface area (TPSA) is 105 Å². The summed E-state index contributed by atoms with van der Waals surface area (Å²) in [6, 6.07) is 6.97. The third-order valence-corrected chi connectivity index (χ3v) is 4.44. The van der Waals surface area contributed by atoms with E-state index in [-0.39, 0.29) is 18.1 Å². The van der Waals surface area contributed by atoms with Gasteiger partial charge in [-0.05, 0) is 49.2 Å². The van der Waals surface area contributed by atoms with Gasteiger partial charge in [0.25, 0.3) is 0 Å². The van der Waals surface area contributed by atoms with Gasteiger partial charge in [-0.25, -0.2) is 9.48 Å². The van der Waals surface area contributed by atoms with Gasteiger partial charge in [0, 0.05) is 5.56 Å². The number of rotatable bonds is 4. The molecule has 8 heteroatoms. The SMILES string of the molecule is CC(C)n1nnnc1-c1ccccc1NC(=O)N[C@H]1CCCC[C@@H]1O. The van der Waals surface area contributed by atoms with Gasteiger partial charge < -0.3 is 15.7 Å². The molecular formula is C17H24N6O2. The lowest BCUT2D eigenvalue weighted by atomic mass is 9.93. The van der Waals surface area contributed by atoms with Crippen LogP contribution in [0.25, 0.3) is 11.4 Å². The molecule has 1 fully saturated rings. The zero-order valence-electron chi connectivity index (χ0n) is 14.5. The number of benzene rings is 1. The number of nitrogens with zero attached hydrogens (tertiary/aromatic N) is 4. The Morgan fingerprint density at radius 3 is 2.80 bits per heavy atom. The number of urea groups is 1. The van der Waals surface area contributed by atoms with E-state index in [2.05, 4.69) is 26.2 Å². The van der Waals surface area contributed by atoms with E-state index in [0.717, 1.165) is 31.2 Å². The van der Waals surface area contributed by atoms with Crippen molar-refractivity contribution in [2.24, 2.45) is 0 Å². The van der Waals surface area contributed by atoms with Crippen molar-refractivity contribution in [3.8, 4) is 11.4 Å². The summed E-state index contributed by atoms with van der Waals surface area (Å²) in [5.74, 6) is 0.601. The van der Waals surface area contributed by atoms with E-state index in [1.807, 2.05) is 38.1 Å². The van der Waals surface area contributed by atoms with Crippen LogP contribution in [0.2, 0.25) is 0 Å². The summed E-state index contributed by atoms with van der Waals surface area (Å²) in [5.41, 5.74) is 1.38. The van der Waals surface area contributed by atoms with Crippen molar-refractivity contribution in [3.05, 3.63) is 24.3 Å². The molecule has 0 unspecified atom stereocenters. The van der Waals surface area contributed by atoms with Crippen LogP contribution in [0.15, 0.2) is 24.3 Å². The first-order chi connectivity index (χ1) is 12.1. The molecule has 1 aliphatic rings. The molecule has 134 valence electrons. The number of amides is 2. The standard InChI is InChI=1S/C17H24N6O2/c1-11(2)23-16(20-21-22-23)12-7-3-4-8-13(12)18-17(25)19-14-9-5-6-10-15(14)24/h3-4,7-8,11,14-15,24H,5-6,9-10H2,1-2H3,(H2,18,19,25)/t14-,15-/m0/s1. The van der Waals surface area contributed by atoms with Crippen molar-refractivity contribution in [2.45, 2.75) is 57.7 Å². The van der Waals surface area contributed by atoms with E-state index in [1.165, 1.54) is 0 Å². The largest absolute Gasteiger partial charge is 0.391 e. The molecule has 1 heterocycles. The highest BCUT2D eigenvalue weighted by Gasteiger charge is 2.25. The van der Waals surface area contributed by atoms with Crippen molar-refractivity contribution in [2.75, 3.05) is 5.32 Å². The maximum atomic E-state index is 12.4. The van der Waals surface area contributed by atoms with Gasteiger partial charge in [0.05, 0.1) is 23.9 Å². The van der Waals surface area contributed by atoms with Gasteiger partial charge in [-0.3, -0.25) is 0 Å². The lowest BCUT2D eigenvalue weighted by molar-refractivity contribution is 0.0955. The van der Waals surface area contributed by atoms with Crippen LogP contribution < -0.4 is 10.6 Å². The first-order valence-electron chi connectivity index (χ1n) is 8.69. The van der Waals surface area contributed by atoms with Crippen molar-refractivity contribution >= 4 is 11.7 Å². The molecule has 3 rings (SSSR count). The first kappa shape index (κ1) is 17.3. The first-order valence-corrected chi connectivity index (χ1v) is 8.69. The van der Waals surface area contributed by atoms with Gasteiger partial charge in [-0.15, -0.1) is 5.10 Å². The number of aromatic nitrogens is 4. The predicted octanol–water partition coefficient (Wildman–Crippen LogP) is 2.35. The second-order valence-corrected chi connectivity index (χ2v) is 6.64. The summed E-state index contributed by atoms with van der Waals surface area (Å²) in [4.78, 5) is 12.4.